The molecule has 2 nitrogen and oxygen atoms in total. The van der Waals surface area contributed by atoms with E-state index in [-0.39, 0.29) is 11.9 Å². The Morgan fingerprint density at radius 2 is 2.06 bits per heavy atom. The number of hydrogen-bond acceptors (Lipinski definition) is 2. The lowest BCUT2D eigenvalue weighted by molar-refractivity contribution is 0.117. The normalized spacial score (nSPS) is 24.0. The molecule has 2 fully saturated rings. The van der Waals surface area contributed by atoms with Crippen molar-refractivity contribution in [2.24, 2.45) is 0 Å². The Kier molecular flexibility index (Phi) is 3.57. The Morgan fingerprint density at radius 3 is 2.67 bits per heavy atom. The second-order valence-electron chi connectivity index (χ2n) is 5.13. The van der Waals surface area contributed by atoms with Gasteiger partial charge in [-0.2, -0.15) is 0 Å². The lowest BCUT2D eigenvalue weighted by Gasteiger charge is -2.29. The Labute approximate surface area is 115 Å². The zero-order chi connectivity index (χ0) is 12.5. The van der Waals surface area contributed by atoms with Crippen LogP contribution < -0.4 is 10.1 Å². The molecule has 1 saturated carbocycles. The highest BCUT2D eigenvalue weighted by molar-refractivity contribution is 9.10. The van der Waals surface area contributed by atoms with E-state index in [1.54, 1.807) is 6.07 Å². The Morgan fingerprint density at radius 1 is 1.22 bits per heavy atom. The molecule has 3 rings (SSSR count). The molecule has 1 aromatic carbocycles. The molecule has 0 aromatic heterocycles. The van der Waals surface area contributed by atoms with Gasteiger partial charge in [0.15, 0.2) is 0 Å². The summed E-state index contributed by atoms with van der Waals surface area (Å²) in [5, 5.41) is 3.41. The molecule has 0 radical (unpaired) electrons. The molecular formula is C14H17BrFNO. The molecule has 1 N–H and O–H groups in total. The number of hydrogen-bond donors (Lipinski definition) is 1. The van der Waals surface area contributed by atoms with Gasteiger partial charge in [-0.3, -0.25) is 0 Å². The van der Waals surface area contributed by atoms with Crippen LogP contribution in [0.15, 0.2) is 16.6 Å². The Balaban J connectivity index is 1.92. The molecule has 18 heavy (non-hydrogen) atoms. The van der Waals surface area contributed by atoms with Crippen LogP contribution in [-0.4, -0.2) is 12.6 Å². The molecule has 1 saturated heterocycles. The van der Waals surface area contributed by atoms with Gasteiger partial charge in [-0.05, 0) is 66.7 Å². The van der Waals surface area contributed by atoms with Crippen LogP contribution in [0.5, 0.6) is 5.75 Å². The maximum atomic E-state index is 13.6. The van der Waals surface area contributed by atoms with Crippen LogP contribution in [0.25, 0.3) is 0 Å². The third kappa shape index (κ3) is 2.41. The fourth-order valence-electron chi connectivity index (χ4n) is 2.57. The van der Waals surface area contributed by atoms with Crippen molar-refractivity contribution >= 4 is 15.9 Å². The number of halogens is 2. The fraction of sp³-hybridized carbons (Fsp3) is 0.571. The minimum Gasteiger partial charge on any atom is -0.489 e. The second kappa shape index (κ2) is 5.17. The molecule has 0 bridgehead atoms. The second-order valence-corrected chi connectivity index (χ2v) is 5.98. The van der Waals surface area contributed by atoms with Crippen LogP contribution in [0.2, 0.25) is 0 Å². The number of benzene rings is 1. The molecule has 1 atom stereocenters. The SMILES string of the molecule is Fc1cc(Br)c(OC2CCC2)c(C2CCCN2)c1. The van der Waals surface area contributed by atoms with Crippen molar-refractivity contribution in [3.8, 4) is 5.75 Å². The molecule has 0 spiro atoms. The molecule has 1 unspecified atom stereocenters. The van der Waals surface area contributed by atoms with Gasteiger partial charge in [0, 0.05) is 11.6 Å². The maximum absolute atomic E-state index is 13.6. The highest BCUT2D eigenvalue weighted by Crippen LogP contribution is 2.39. The van der Waals surface area contributed by atoms with E-state index in [4.69, 9.17) is 4.74 Å². The minimum absolute atomic E-state index is 0.202. The Hall–Kier alpha value is -0.610. The number of rotatable bonds is 3. The highest BCUT2D eigenvalue weighted by Gasteiger charge is 2.26. The molecule has 2 aliphatic rings. The Bertz CT molecular complexity index is 442. The monoisotopic (exact) mass is 313 g/mol. The van der Waals surface area contributed by atoms with Crippen molar-refractivity contribution < 1.29 is 9.13 Å². The van der Waals surface area contributed by atoms with Crippen molar-refractivity contribution in [1.82, 2.24) is 5.32 Å². The molecule has 1 heterocycles. The van der Waals surface area contributed by atoms with Crippen LogP contribution >= 0.6 is 15.9 Å². The van der Waals surface area contributed by atoms with Crippen molar-refractivity contribution in [3.63, 3.8) is 0 Å². The van der Waals surface area contributed by atoms with Gasteiger partial charge in [-0.25, -0.2) is 4.39 Å². The predicted molar refractivity (Wildman–Crippen MR) is 72.3 cm³/mol. The van der Waals surface area contributed by atoms with E-state index in [0.29, 0.717) is 6.10 Å². The summed E-state index contributed by atoms with van der Waals surface area (Å²) in [5.41, 5.74) is 0.964. The number of ether oxygens (including phenoxy) is 1. The smallest absolute Gasteiger partial charge is 0.138 e. The standard InChI is InChI=1S/C14H17BrFNO/c15-12-8-9(16)7-11(13-5-2-6-17-13)14(12)18-10-3-1-4-10/h7-8,10,13,17H,1-6H2. The van der Waals surface area contributed by atoms with Crippen molar-refractivity contribution in [2.45, 2.75) is 44.2 Å². The molecule has 0 amide bonds. The minimum atomic E-state index is -0.202. The van der Waals surface area contributed by atoms with Gasteiger partial charge < -0.3 is 10.1 Å². The van der Waals surface area contributed by atoms with Gasteiger partial charge in [-0.1, -0.05) is 0 Å². The molecule has 1 aromatic rings. The predicted octanol–water partition coefficient (Wildman–Crippen LogP) is 3.94. The van der Waals surface area contributed by atoms with E-state index in [9.17, 15) is 4.39 Å². The average Bonchev–Trinajstić information content (AvgIpc) is 2.77. The first-order valence-corrected chi connectivity index (χ1v) is 7.42. The molecule has 98 valence electrons. The summed E-state index contributed by atoms with van der Waals surface area (Å²) >= 11 is 3.43. The first-order chi connectivity index (χ1) is 8.74. The van der Waals surface area contributed by atoms with E-state index in [2.05, 4.69) is 21.2 Å². The van der Waals surface area contributed by atoms with Gasteiger partial charge in [-0.15, -0.1) is 0 Å². The number of nitrogens with one attached hydrogen (secondary N) is 1. The zero-order valence-electron chi connectivity index (χ0n) is 10.2. The van der Waals surface area contributed by atoms with Gasteiger partial charge in [0.25, 0.3) is 0 Å². The average molecular weight is 314 g/mol. The van der Waals surface area contributed by atoms with E-state index in [0.717, 1.165) is 48.0 Å². The summed E-state index contributed by atoms with van der Waals surface area (Å²) in [5.74, 6) is 0.632. The lowest BCUT2D eigenvalue weighted by atomic mass is 9.95. The quantitative estimate of drug-likeness (QED) is 0.912. The van der Waals surface area contributed by atoms with Gasteiger partial charge in [0.2, 0.25) is 0 Å². The van der Waals surface area contributed by atoms with Crippen LogP contribution in [0, 0.1) is 5.82 Å². The zero-order valence-corrected chi connectivity index (χ0v) is 11.8. The molecule has 1 aliphatic heterocycles. The molecule has 1 aliphatic carbocycles. The van der Waals surface area contributed by atoms with Crippen molar-refractivity contribution in [3.05, 3.63) is 28.0 Å². The van der Waals surface area contributed by atoms with E-state index in [1.807, 2.05) is 0 Å². The van der Waals surface area contributed by atoms with Crippen LogP contribution in [0.3, 0.4) is 0 Å². The van der Waals surface area contributed by atoms with E-state index >= 15 is 0 Å². The third-order valence-corrected chi connectivity index (χ3v) is 4.40. The molecular weight excluding hydrogens is 297 g/mol. The summed E-state index contributed by atoms with van der Waals surface area (Å²) in [4.78, 5) is 0. The van der Waals surface area contributed by atoms with Crippen LogP contribution in [0.1, 0.15) is 43.7 Å². The first-order valence-electron chi connectivity index (χ1n) is 6.63. The maximum Gasteiger partial charge on any atom is 0.138 e. The largest absolute Gasteiger partial charge is 0.489 e. The fourth-order valence-corrected chi connectivity index (χ4v) is 3.11. The van der Waals surface area contributed by atoms with E-state index < -0.39 is 0 Å². The van der Waals surface area contributed by atoms with Crippen LogP contribution in [0.4, 0.5) is 4.39 Å². The van der Waals surface area contributed by atoms with Crippen LogP contribution in [-0.2, 0) is 0 Å². The topological polar surface area (TPSA) is 21.3 Å². The first kappa shape index (κ1) is 12.4. The van der Waals surface area contributed by atoms with Crippen molar-refractivity contribution in [2.75, 3.05) is 6.54 Å². The summed E-state index contributed by atoms with van der Waals surface area (Å²) in [7, 11) is 0. The van der Waals surface area contributed by atoms with Gasteiger partial charge in [0.1, 0.15) is 11.6 Å². The summed E-state index contributed by atoms with van der Waals surface area (Å²) in [6, 6.07) is 3.33. The van der Waals surface area contributed by atoms with E-state index in [1.165, 1.54) is 12.5 Å². The lowest BCUT2D eigenvalue weighted by Crippen LogP contribution is -2.26. The highest BCUT2D eigenvalue weighted by atomic mass is 79.9. The summed E-state index contributed by atoms with van der Waals surface area (Å²) in [6.45, 7) is 1.00. The third-order valence-electron chi connectivity index (χ3n) is 3.81. The van der Waals surface area contributed by atoms with Crippen molar-refractivity contribution in [1.29, 1.82) is 0 Å². The summed E-state index contributed by atoms with van der Waals surface area (Å²) in [6.07, 6.45) is 5.97. The van der Waals surface area contributed by atoms with Gasteiger partial charge in [0.05, 0.1) is 10.6 Å². The molecule has 4 heteroatoms. The summed E-state index contributed by atoms with van der Waals surface area (Å²) < 4.78 is 20.3. The van der Waals surface area contributed by atoms with Gasteiger partial charge >= 0.3 is 0 Å².